The number of hydrogen-bond acceptors (Lipinski definition) is 5. The van der Waals surface area contributed by atoms with Gasteiger partial charge in [-0.15, -0.1) is 0 Å². The first kappa shape index (κ1) is 18.1. The third-order valence-corrected chi connectivity index (χ3v) is 4.08. The normalized spacial score (nSPS) is 15.9. The molecule has 1 fully saturated rings. The summed E-state index contributed by atoms with van der Waals surface area (Å²) in [5.41, 5.74) is 7.77. The van der Waals surface area contributed by atoms with Gasteiger partial charge >= 0.3 is 6.09 Å². The second-order valence-electron chi connectivity index (χ2n) is 7.28. The molecule has 24 heavy (non-hydrogen) atoms. The fourth-order valence-electron chi connectivity index (χ4n) is 2.75. The summed E-state index contributed by atoms with van der Waals surface area (Å²) in [7, 11) is 0. The molecule has 6 heteroatoms. The molecule has 1 aromatic rings. The number of nitrogens with one attached hydrogen (secondary N) is 2. The topological polar surface area (TPSA) is 91.4 Å². The van der Waals surface area contributed by atoms with Crippen LogP contribution < -0.4 is 11.1 Å². The van der Waals surface area contributed by atoms with E-state index in [0.29, 0.717) is 11.6 Å². The summed E-state index contributed by atoms with van der Waals surface area (Å²) >= 11 is 0. The molecule has 1 aliphatic rings. The smallest absolute Gasteiger partial charge is 0.410 e. The van der Waals surface area contributed by atoms with E-state index in [9.17, 15) is 4.79 Å². The average Bonchev–Trinajstić information content (AvgIpc) is 2.52. The molecule has 1 heterocycles. The van der Waals surface area contributed by atoms with E-state index in [1.807, 2.05) is 32.9 Å². The zero-order chi connectivity index (χ0) is 17.7. The Labute approximate surface area is 143 Å². The summed E-state index contributed by atoms with van der Waals surface area (Å²) in [5.74, 6) is 0.490. The number of nitrogens with two attached hydrogens (primary N) is 1. The van der Waals surface area contributed by atoms with Crippen molar-refractivity contribution in [1.29, 1.82) is 5.41 Å². The maximum Gasteiger partial charge on any atom is 0.410 e. The molecular weight excluding hydrogens is 304 g/mol. The molecule has 0 aromatic heterocycles. The Hall–Kier alpha value is -2.24. The molecule has 0 radical (unpaired) electrons. The fraction of sp³-hybridized carbons (Fsp3) is 0.556. The lowest BCUT2D eigenvalue weighted by Crippen LogP contribution is -2.42. The van der Waals surface area contributed by atoms with Crippen LogP contribution in [-0.2, 0) is 4.74 Å². The van der Waals surface area contributed by atoms with Crippen LogP contribution in [0.1, 0.15) is 39.2 Å². The van der Waals surface area contributed by atoms with Gasteiger partial charge in [0, 0.05) is 42.8 Å². The highest BCUT2D eigenvalue weighted by Gasteiger charge is 2.26. The van der Waals surface area contributed by atoms with Gasteiger partial charge in [-0.25, -0.2) is 4.79 Å². The number of nitrogen functional groups attached to an aromatic ring is 1. The van der Waals surface area contributed by atoms with Crippen molar-refractivity contribution >= 4 is 23.7 Å². The maximum atomic E-state index is 12.1. The van der Waals surface area contributed by atoms with Crippen LogP contribution in [0, 0.1) is 11.3 Å². The van der Waals surface area contributed by atoms with Gasteiger partial charge in [0.15, 0.2) is 0 Å². The van der Waals surface area contributed by atoms with Gasteiger partial charge in [0.1, 0.15) is 5.60 Å². The predicted molar refractivity (Wildman–Crippen MR) is 97.8 cm³/mol. The van der Waals surface area contributed by atoms with Crippen molar-refractivity contribution in [2.24, 2.45) is 5.92 Å². The number of nitrogens with zero attached hydrogens (tertiary/aromatic N) is 1. The molecule has 0 bridgehead atoms. The molecule has 0 spiro atoms. The molecule has 1 aliphatic heterocycles. The van der Waals surface area contributed by atoms with Crippen molar-refractivity contribution < 1.29 is 9.53 Å². The van der Waals surface area contributed by atoms with Gasteiger partial charge in [-0.3, -0.25) is 0 Å². The van der Waals surface area contributed by atoms with Gasteiger partial charge in [0.05, 0.1) is 0 Å². The quantitative estimate of drug-likeness (QED) is 0.582. The van der Waals surface area contributed by atoms with Gasteiger partial charge in [0.25, 0.3) is 0 Å². The maximum absolute atomic E-state index is 12.1. The molecule has 0 aliphatic carbocycles. The van der Waals surface area contributed by atoms with Crippen molar-refractivity contribution in [1.82, 2.24) is 4.90 Å². The number of hydrogen-bond donors (Lipinski definition) is 3. The number of carbonyl (C=O) groups is 1. The number of ether oxygens (including phenoxy) is 1. The minimum absolute atomic E-state index is 0.226. The van der Waals surface area contributed by atoms with E-state index in [1.54, 1.807) is 11.0 Å². The number of amides is 1. The second kappa shape index (κ2) is 7.55. The van der Waals surface area contributed by atoms with E-state index >= 15 is 0 Å². The minimum Gasteiger partial charge on any atom is -0.444 e. The number of anilines is 2. The summed E-state index contributed by atoms with van der Waals surface area (Å²) in [5, 5.41) is 10.9. The van der Waals surface area contributed by atoms with Gasteiger partial charge < -0.3 is 26.1 Å². The van der Waals surface area contributed by atoms with Crippen LogP contribution >= 0.6 is 0 Å². The lowest BCUT2D eigenvalue weighted by molar-refractivity contribution is 0.0188. The zero-order valence-electron chi connectivity index (χ0n) is 14.8. The van der Waals surface area contributed by atoms with Crippen LogP contribution in [0.2, 0.25) is 0 Å². The first-order chi connectivity index (χ1) is 11.3. The standard InChI is InChI=1S/C18H28N4O2/c1-18(2,3)24-17(23)22-8-6-13(7-9-22)12-21-16-10-15(20)5-4-14(16)11-19/h4-5,10-11,13,19,21H,6-9,12,20H2,1-3H3. The molecular formula is C18H28N4O2. The fourth-order valence-corrected chi connectivity index (χ4v) is 2.75. The number of carbonyl (C=O) groups excluding carboxylic acids is 1. The molecule has 4 N–H and O–H groups in total. The molecule has 0 unspecified atom stereocenters. The Morgan fingerprint density at radius 1 is 1.42 bits per heavy atom. The lowest BCUT2D eigenvalue weighted by atomic mass is 9.97. The number of likely N-dealkylation sites (tertiary alicyclic amines) is 1. The molecule has 2 rings (SSSR count). The van der Waals surface area contributed by atoms with E-state index in [0.717, 1.165) is 43.7 Å². The Balaban J connectivity index is 1.82. The van der Waals surface area contributed by atoms with E-state index in [1.165, 1.54) is 6.21 Å². The third-order valence-electron chi connectivity index (χ3n) is 4.08. The zero-order valence-corrected chi connectivity index (χ0v) is 14.8. The van der Waals surface area contributed by atoms with Crippen LogP contribution in [0.25, 0.3) is 0 Å². The molecule has 0 atom stereocenters. The highest BCUT2D eigenvalue weighted by Crippen LogP contribution is 2.22. The predicted octanol–water partition coefficient (Wildman–Crippen LogP) is 3.33. The molecule has 1 aromatic carbocycles. The summed E-state index contributed by atoms with van der Waals surface area (Å²) in [6, 6.07) is 5.50. The van der Waals surface area contributed by atoms with Gasteiger partial charge in [0.2, 0.25) is 0 Å². The largest absolute Gasteiger partial charge is 0.444 e. The Bertz CT molecular complexity index is 587. The summed E-state index contributed by atoms with van der Waals surface area (Å²) < 4.78 is 5.42. The second-order valence-corrected chi connectivity index (χ2v) is 7.28. The van der Waals surface area contributed by atoms with Crippen molar-refractivity contribution in [3.05, 3.63) is 23.8 Å². The molecule has 1 amide bonds. The Kier molecular flexibility index (Phi) is 5.70. The summed E-state index contributed by atoms with van der Waals surface area (Å²) in [4.78, 5) is 13.9. The van der Waals surface area contributed by atoms with E-state index in [-0.39, 0.29) is 6.09 Å². The van der Waals surface area contributed by atoms with Crippen molar-refractivity contribution in [2.75, 3.05) is 30.7 Å². The molecule has 1 saturated heterocycles. The van der Waals surface area contributed by atoms with Crippen LogP contribution in [0.3, 0.4) is 0 Å². The van der Waals surface area contributed by atoms with Gasteiger partial charge in [-0.2, -0.15) is 0 Å². The summed E-state index contributed by atoms with van der Waals surface area (Å²) in [6.45, 7) is 7.90. The first-order valence-electron chi connectivity index (χ1n) is 8.40. The SMILES string of the molecule is CC(C)(C)OC(=O)N1CCC(CNc2cc(N)ccc2C=N)CC1. The first-order valence-corrected chi connectivity index (χ1v) is 8.40. The average molecular weight is 332 g/mol. The number of rotatable bonds is 4. The van der Waals surface area contributed by atoms with Crippen LogP contribution in [0.15, 0.2) is 18.2 Å². The monoisotopic (exact) mass is 332 g/mol. The number of benzene rings is 1. The van der Waals surface area contributed by atoms with Gasteiger partial charge in [-0.1, -0.05) is 0 Å². The highest BCUT2D eigenvalue weighted by atomic mass is 16.6. The molecule has 0 saturated carbocycles. The van der Waals surface area contributed by atoms with Gasteiger partial charge in [-0.05, 0) is 57.7 Å². The van der Waals surface area contributed by atoms with E-state index < -0.39 is 5.60 Å². The molecule has 132 valence electrons. The van der Waals surface area contributed by atoms with Crippen molar-refractivity contribution in [3.63, 3.8) is 0 Å². The third kappa shape index (κ3) is 5.15. The van der Waals surface area contributed by atoms with Crippen LogP contribution in [0.4, 0.5) is 16.2 Å². The van der Waals surface area contributed by atoms with Crippen molar-refractivity contribution in [3.8, 4) is 0 Å². The van der Waals surface area contributed by atoms with Crippen molar-refractivity contribution in [2.45, 2.75) is 39.2 Å². The van der Waals surface area contributed by atoms with Crippen LogP contribution in [-0.4, -0.2) is 42.4 Å². The summed E-state index contributed by atoms with van der Waals surface area (Å²) in [6.07, 6.45) is 2.98. The lowest BCUT2D eigenvalue weighted by Gasteiger charge is -2.33. The Morgan fingerprint density at radius 3 is 2.67 bits per heavy atom. The highest BCUT2D eigenvalue weighted by molar-refractivity contribution is 5.87. The number of piperidine rings is 1. The minimum atomic E-state index is -0.452. The molecule has 6 nitrogen and oxygen atoms in total. The van der Waals surface area contributed by atoms with Crippen LogP contribution in [0.5, 0.6) is 0 Å². The van der Waals surface area contributed by atoms with E-state index in [4.69, 9.17) is 15.9 Å². The van der Waals surface area contributed by atoms with E-state index in [2.05, 4.69) is 5.32 Å². The Morgan fingerprint density at radius 2 is 2.08 bits per heavy atom.